The summed E-state index contributed by atoms with van der Waals surface area (Å²) in [5.74, 6) is 0.208. The fourth-order valence-electron chi connectivity index (χ4n) is 2.33. The number of aryl methyl sites for hydroxylation is 1. The van der Waals surface area contributed by atoms with Crippen molar-refractivity contribution in [1.82, 2.24) is 9.97 Å². The number of hydrogen-bond acceptors (Lipinski definition) is 6. The number of nitrogens with zero attached hydrogens (tertiary/aromatic N) is 2. The standard InChI is InChI=1S/C19H24N4O3/c1-4-6-11-20-17-12-16(21-13(3)22-17)18(24)23-15-10-8-7-9-14(15)19(25)26-5-2/h7-10,12H,4-6,11H2,1-3H3,(H,23,24)(H,20,21,22). The van der Waals surface area contributed by atoms with Crippen LogP contribution in [0.5, 0.6) is 0 Å². The Morgan fingerprint density at radius 2 is 1.92 bits per heavy atom. The van der Waals surface area contributed by atoms with E-state index >= 15 is 0 Å². The topological polar surface area (TPSA) is 93.2 Å². The van der Waals surface area contributed by atoms with Gasteiger partial charge in [0, 0.05) is 12.6 Å². The zero-order valence-corrected chi connectivity index (χ0v) is 15.3. The second kappa shape index (κ2) is 9.50. The maximum atomic E-state index is 12.6. The second-order valence-electron chi connectivity index (χ2n) is 5.69. The SMILES string of the molecule is CCCCNc1cc(C(=O)Nc2ccccc2C(=O)OCC)nc(C)n1. The van der Waals surface area contributed by atoms with Crippen LogP contribution in [0.4, 0.5) is 11.5 Å². The first-order chi connectivity index (χ1) is 12.5. The van der Waals surface area contributed by atoms with E-state index in [-0.39, 0.29) is 12.3 Å². The van der Waals surface area contributed by atoms with Crippen LogP contribution in [0.2, 0.25) is 0 Å². The molecule has 1 heterocycles. The van der Waals surface area contributed by atoms with E-state index in [1.54, 1.807) is 44.2 Å². The predicted molar refractivity (Wildman–Crippen MR) is 101 cm³/mol. The van der Waals surface area contributed by atoms with Crippen LogP contribution in [0.15, 0.2) is 30.3 Å². The minimum absolute atomic E-state index is 0.232. The largest absolute Gasteiger partial charge is 0.462 e. The average molecular weight is 356 g/mol. The van der Waals surface area contributed by atoms with E-state index < -0.39 is 11.9 Å². The van der Waals surface area contributed by atoms with Gasteiger partial charge in [-0.3, -0.25) is 4.79 Å². The van der Waals surface area contributed by atoms with Crippen molar-refractivity contribution in [2.45, 2.75) is 33.6 Å². The van der Waals surface area contributed by atoms with Gasteiger partial charge in [0.15, 0.2) is 0 Å². The first kappa shape index (κ1) is 19.4. The number of unbranched alkanes of at least 4 members (excludes halogenated alkanes) is 1. The number of carbonyl (C=O) groups excluding carboxylic acids is 2. The van der Waals surface area contributed by atoms with E-state index in [4.69, 9.17) is 4.74 Å². The van der Waals surface area contributed by atoms with Crippen molar-refractivity contribution < 1.29 is 14.3 Å². The number of esters is 1. The monoisotopic (exact) mass is 356 g/mol. The molecule has 2 rings (SSSR count). The molecule has 0 bridgehead atoms. The molecule has 2 N–H and O–H groups in total. The Balaban J connectivity index is 2.19. The number of ether oxygens (including phenoxy) is 1. The van der Waals surface area contributed by atoms with E-state index in [0.29, 0.717) is 22.9 Å². The summed E-state index contributed by atoms with van der Waals surface area (Å²) in [7, 11) is 0. The molecule has 0 spiro atoms. The number of para-hydroxylation sites is 1. The van der Waals surface area contributed by atoms with Gasteiger partial charge in [0.25, 0.3) is 5.91 Å². The predicted octanol–water partition coefficient (Wildman–Crippen LogP) is 3.43. The highest BCUT2D eigenvalue weighted by Crippen LogP contribution is 2.18. The van der Waals surface area contributed by atoms with E-state index in [0.717, 1.165) is 19.4 Å². The highest BCUT2D eigenvalue weighted by atomic mass is 16.5. The fourth-order valence-corrected chi connectivity index (χ4v) is 2.33. The third-order valence-corrected chi connectivity index (χ3v) is 3.58. The van der Waals surface area contributed by atoms with Gasteiger partial charge in [0.1, 0.15) is 17.3 Å². The van der Waals surface area contributed by atoms with Gasteiger partial charge < -0.3 is 15.4 Å². The molecular weight excluding hydrogens is 332 g/mol. The molecule has 7 heteroatoms. The van der Waals surface area contributed by atoms with Gasteiger partial charge in [0.2, 0.25) is 0 Å². The molecular formula is C19H24N4O3. The van der Waals surface area contributed by atoms with Crippen molar-refractivity contribution in [3.63, 3.8) is 0 Å². The Kier molecular flexibility index (Phi) is 7.08. The maximum absolute atomic E-state index is 12.6. The molecule has 0 radical (unpaired) electrons. The number of hydrogen-bond donors (Lipinski definition) is 2. The van der Waals surface area contributed by atoms with Crippen molar-refractivity contribution in [2.75, 3.05) is 23.8 Å². The first-order valence-electron chi connectivity index (χ1n) is 8.72. The van der Waals surface area contributed by atoms with Crippen LogP contribution >= 0.6 is 0 Å². The molecule has 0 fully saturated rings. The van der Waals surface area contributed by atoms with Gasteiger partial charge in [-0.1, -0.05) is 25.5 Å². The third kappa shape index (κ3) is 5.27. The van der Waals surface area contributed by atoms with E-state index in [1.807, 2.05) is 0 Å². The zero-order chi connectivity index (χ0) is 18.9. The van der Waals surface area contributed by atoms with Gasteiger partial charge in [-0.25, -0.2) is 14.8 Å². The second-order valence-corrected chi connectivity index (χ2v) is 5.69. The van der Waals surface area contributed by atoms with Gasteiger partial charge >= 0.3 is 5.97 Å². The summed E-state index contributed by atoms with van der Waals surface area (Å²) in [5.41, 5.74) is 0.914. The fraction of sp³-hybridized carbons (Fsp3) is 0.368. The summed E-state index contributed by atoms with van der Waals surface area (Å²) in [5, 5.41) is 5.92. The molecule has 1 amide bonds. The van der Waals surface area contributed by atoms with Crippen molar-refractivity contribution >= 4 is 23.4 Å². The lowest BCUT2D eigenvalue weighted by molar-refractivity contribution is 0.0527. The van der Waals surface area contributed by atoms with Gasteiger partial charge in [-0.05, 0) is 32.4 Å². The Labute approximate surface area is 153 Å². The Morgan fingerprint density at radius 1 is 1.15 bits per heavy atom. The molecule has 1 aromatic heterocycles. The van der Waals surface area contributed by atoms with Gasteiger partial charge in [0.05, 0.1) is 17.9 Å². The summed E-state index contributed by atoms with van der Waals surface area (Å²) in [4.78, 5) is 33.1. The Hall–Kier alpha value is -2.96. The van der Waals surface area contributed by atoms with Crippen molar-refractivity contribution in [2.24, 2.45) is 0 Å². The molecule has 0 aliphatic rings. The van der Waals surface area contributed by atoms with Crippen molar-refractivity contribution in [3.05, 3.63) is 47.4 Å². The lowest BCUT2D eigenvalue weighted by atomic mass is 10.1. The average Bonchev–Trinajstić information content (AvgIpc) is 2.62. The number of aromatic nitrogens is 2. The van der Waals surface area contributed by atoms with E-state index in [9.17, 15) is 9.59 Å². The minimum Gasteiger partial charge on any atom is -0.462 e. The number of carbonyl (C=O) groups is 2. The lowest BCUT2D eigenvalue weighted by Crippen LogP contribution is -2.18. The van der Waals surface area contributed by atoms with E-state index in [2.05, 4.69) is 27.5 Å². The molecule has 26 heavy (non-hydrogen) atoms. The summed E-state index contributed by atoms with van der Waals surface area (Å²) in [6, 6.07) is 8.31. The van der Waals surface area contributed by atoms with Crippen LogP contribution < -0.4 is 10.6 Å². The molecule has 0 aliphatic heterocycles. The minimum atomic E-state index is -0.482. The maximum Gasteiger partial charge on any atom is 0.340 e. The molecule has 7 nitrogen and oxygen atoms in total. The lowest BCUT2D eigenvalue weighted by Gasteiger charge is -2.11. The molecule has 1 aromatic carbocycles. The number of nitrogens with one attached hydrogen (secondary N) is 2. The number of anilines is 2. The van der Waals surface area contributed by atoms with Crippen LogP contribution in [0.25, 0.3) is 0 Å². The van der Waals surface area contributed by atoms with Crippen LogP contribution in [0, 0.1) is 6.92 Å². The summed E-state index contributed by atoms with van der Waals surface area (Å²) >= 11 is 0. The molecule has 0 aliphatic carbocycles. The Morgan fingerprint density at radius 3 is 2.65 bits per heavy atom. The molecule has 138 valence electrons. The van der Waals surface area contributed by atoms with Crippen LogP contribution in [0.3, 0.4) is 0 Å². The Bertz CT molecular complexity index is 777. The smallest absolute Gasteiger partial charge is 0.340 e. The number of benzene rings is 1. The highest BCUT2D eigenvalue weighted by molar-refractivity contribution is 6.07. The highest BCUT2D eigenvalue weighted by Gasteiger charge is 2.16. The summed E-state index contributed by atoms with van der Waals surface area (Å²) < 4.78 is 5.02. The van der Waals surface area contributed by atoms with Gasteiger partial charge in [-0.2, -0.15) is 0 Å². The van der Waals surface area contributed by atoms with Gasteiger partial charge in [-0.15, -0.1) is 0 Å². The summed E-state index contributed by atoms with van der Waals surface area (Å²) in [6.07, 6.45) is 2.08. The normalized spacial score (nSPS) is 10.3. The molecule has 0 unspecified atom stereocenters. The molecule has 0 saturated heterocycles. The zero-order valence-electron chi connectivity index (χ0n) is 15.3. The first-order valence-corrected chi connectivity index (χ1v) is 8.72. The van der Waals surface area contributed by atoms with Crippen LogP contribution in [-0.2, 0) is 4.74 Å². The van der Waals surface area contributed by atoms with Crippen LogP contribution in [-0.4, -0.2) is 35.0 Å². The number of rotatable bonds is 8. The van der Waals surface area contributed by atoms with E-state index in [1.165, 1.54) is 0 Å². The number of amides is 1. The quantitative estimate of drug-likeness (QED) is 0.556. The molecule has 0 saturated carbocycles. The molecule has 0 atom stereocenters. The van der Waals surface area contributed by atoms with Crippen molar-refractivity contribution in [3.8, 4) is 0 Å². The van der Waals surface area contributed by atoms with Crippen molar-refractivity contribution in [1.29, 1.82) is 0 Å². The third-order valence-electron chi connectivity index (χ3n) is 3.58. The molecule has 2 aromatic rings. The summed E-state index contributed by atoms with van der Waals surface area (Å²) in [6.45, 7) is 6.61. The van der Waals surface area contributed by atoms with Crippen LogP contribution in [0.1, 0.15) is 53.4 Å².